The molecule has 1 rings (SSSR count). The molecule has 0 amide bonds. The molecule has 1 aromatic carbocycles. The number of benzene rings is 1. The maximum atomic E-state index is 10.4. The molecule has 2 N–H and O–H groups in total. The smallest absolute Gasteiger partial charge is 0.294 e. The Kier molecular flexibility index (Phi) is 14.1. The minimum absolute atomic E-state index is 0.0741. The van der Waals surface area contributed by atoms with E-state index in [4.69, 9.17) is 9.66 Å². The Balaban J connectivity index is 0.000000433. The van der Waals surface area contributed by atoms with Crippen LogP contribution in [0.25, 0.3) is 0 Å². The summed E-state index contributed by atoms with van der Waals surface area (Å²) in [7, 11) is -4.00. The van der Waals surface area contributed by atoms with Crippen molar-refractivity contribution in [2.45, 2.75) is 76.0 Å². The molecule has 5 heteroatoms. The maximum Gasteiger partial charge on any atom is 0.294 e. The van der Waals surface area contributed by atoms with E-state index in [1.165, 1.54) is 69.9 Å². The molecule has 0 saturated carbocycles. The van der Waals surface area contributed by atoms with Crippen molar-refractivity contribution >= 4 is 10.1 Å². The molecule has 0 aliphatic rings. The highest BCUT2D eigenvalue weighted by Crippen LogP contribution is 2.10. The topological polar surface area (TPSA) is 74.6 Å². The van der Waals surface area contributed by atoms with Gasteiger partial charge in [0.15, 0.2) is 0 Å². The summed E-state index contributed by atoms with van der Waals surface area (Å²) in [6.07, 6.45) is 13.3. The molecule has 0 spiro atoms. The normalized spacial score (nSPS) is 10.9. The summed E-state index contributed by atoms with van der Waals surface area (Å²) < 4.78 is 29.2. The minimum Gasteiger partial charge on any atom is -0.396 e. The fraction of sp³-hybridized carbons (Fsp3) is 0.667. The summed E-state index contributed by atoms with van der Waals surface area (Å²) in [5, 5.41) is 8.57. The zero-order valence-corrected chi connectivity index (χ0v) is 15.1. The monoisotopic (exact) mass is 344 g/mol. The minimum atomic E-state index is -4.00. The lowest BCUT2D eigenvalue weighted by molar-refractivity contribution is 0.282. The van der Waals surface area contributed by atoms with Gasteiger partial charge >= 0.3 is 0 Å². The first kappa shape index (κ1) is 22.1. The Hall–Kier alpha value is -0.910. The molecule has 23 heavy (non-hydrogen) atoms. The number of rotatable bonds is 11. The van der Waals surface area contributed by atoms with Gasteiger partial charge in [-0.25, -0.2) is 0 Å². The van der Waals surface area contributed by atoms with E-state index in [9.17, 15) is 8.42 Å². The molecule has 0 bridgehead atoms. The average Bonchev–Trinajstić information content (AvgIpc) is 2.54. The van der Waals surface area contributed by atoms with Crippen LogP contribution in [0.1, 0.15) is 71.1 Å². The second kappa shape index (κ2) is 14.7. The lowest BCUT2D eigenvalue weighted by Crippen LogP contribution is -1.96. The van der Waals surface area contributed by atoms with Crippen LogP contribution >= 0.6 is 0 Å². The van der Waals surface area contributed by atoms with Gasteiger partial charge in [-0.1, -0.05) is 82.9 Å². The number of hydrogen-bond donors (Lipinski definition) is 2. The molecule has 0 atom stereocenters. The third kappa shape index (κ3) is 14.4. The molecular weight excluding hydrogens is 312 g/mol. The highest BCUT2D eigenvalue weighted by atomic mass is 32.2. The first-order valence-electron chi connectivity index (χ1n) is 8.65. The molecule has 0 radical (unpaired) electrons. The van der Waals surface area contributed by atoms with E-state index in [0.29, 0.717) is 6.61 Å². The van der Waals surface area contributed by atoms with Crippen molar-refractivity contribution in [1.29, 1.82) is 0 Å². The van der Waals surface area contributed by atoms with Gasteiger partial charge in [-0.05, 0) is 18.6 Å². The van der Waals surface area contributed by atoms with E-state index in [2.05, 4.69) is 6.92 Å². The lowest BCUT2D eigenvalue weighted by Gasteiger charge is -2.00. The van der Waals surface area contributed by atoms with Crippen LogP contribution in [-0.4, -0.2) is 24.7 Å². The van der Waals surface area contributed by atoms with E-state index in [1.807, 2.05) is 0 Å². The Morgan fingerprint density at radius 3 is 1.57 bits per heavy atom. The Labute approximate surface area is 141 Å². The van der Waals surface area contributed by atoms with Crippen molar-refractivity contribution < 1.29 is 18.1 Å². The number of aliphatic hydroxyl groups excluding tert-OH is 1. The Morgan fingerprint density at radius 1 is 0.783 bits per heavy atom. The van der Waals surface area contributed by atoms with Crippen LogP contribution in [0, 0.1) is 0 Å². The van der Waals surface area contributed by atoms with Crippen LogP contribution in [-0.2, 0) is 10.1 Å². The van der Waals surface area contributed by atoms with Gasteiger partial charge in [0.1, 0.15) is 0 Å². The highest BCUT2D eigenvalue weighted by Gasteiger charge is 2.05. The van der Waals surface area contributed by atoms with E-state index in [0.717, 1.165) is 6.42 Å². The molecule has 4 nitrogen and oxygen atoms in total. The van der Waals surface area contributed by atoms with Gasteiger partial charge in [0.05, 0.1) is 4.90 Å². The quantitative estimate of drug-likeness (QED) is 0.445. The summed E-state index contributed by atoms with van der Waals surface area (Å²) >= 11 is 0. The van der Waals surface area contributed by atoms with E-state index in [-0.39, 0.29) is 4.90 Å². The fourth-order valence-electron chi connectivity index (χ4n) is 2.19. The van der Waals surface area contributed by atoms with E-state index >= 15 is 0 Å². The van der Waals surface area contributed by atoms with Gasteiger partial charge in [-0.15, -0.1) is 0 Å². The van der Waals surface area contributed by atoms with Crippen LogP contribution in [0.5, 0.6) is 0 Å². The van der Waals surface area contributed by atoms with Crippen LogP contribution in [0.3, 0.4) is 0 Å². The molecule has 0 unspecified atom stereocenters. The summed E-state index contributed by atoms with van der Waals surface area (Å²) in [6, 6.07) is 7.42. The average molecular weight is 345 g/mol. The predicted molar refractivity (Wildman–Crippen MR) is 95.2 cm³/mol. The van der Waals surface area contributed by atoms with Crippen molar-refractivity contribution in [2.75, 3.05) is 6.61 Å². The maximum absolute atomic E-state index is 10.4. The first-order valence-corrected chi connectivity index (χ1v) is 10.1. The van der Waals surface area contributed by atoms with Gasteiger partial charge in [-0.2, -0.15) is 8.42 Å². The van der Waals surface area contributed by atoms with Gasteiger partial charge in [0.2, 0.25) is 0 Å². The fourth-order valence-corrected chi connectivity index (χ4v) is 2.69. The van der Waals surface area contributed by atoms with Crippen LogP contribution in [0.4, 0.5) is 0 Å². The van der Waals surface area contributed by atoms with E-state index < -0.39 is 10.1 Å². The highest BCUT2D eigenvalue weighted by molar-refractivity contribution is 7.85. The molecule has 0 heterocycles. The molecule has 0 aliphatic heterocycles. The van der Waals surface area contributed by atoms with Crippen LogP contribution in [0.15, 0.2) is 35.2 Å². The number of hydrogen-bond acceptors (Lipinski definition) is 3. The third-order valence-corrected chi connectivity index (χ3v) is 4.42. The predicted octanol–water partition coefficient (Wildman–Crippen LogP) is 4.83. The van der Waals surface area contributed by atoms with Gasteiger partial charge in [0.25, 0.3) is 10.1 Å². The summed E-state index contributed by atoms with van der Waals surface area (Å²) in [4.78, 5) is -0.0741. The van der Waals surface area contributed by atoms with E-state index in [1.54, 1.807) is 18.2 Å². The lowest BCUT2D eigenvalue weighted by atomic mass is 10.1. The molecule has 0 saturated heterocycles. The Bertz CT molecular complexity index is 447. The summed E-state index contributed by atoms with van der Waals surface area (Å²) in [6.45, 7) is 2.63. The van der Waals surface area contributed by atoms with Crippen molar-refractivity contribution in [2.24, 2.45) is 0 Å². The van der Waals surface area contributed by atoms with Crippen molar-refractivity contribution in [3.63, 3.8) is 0 Å². The number of aliphatic hydroxyl groups is 1. The second-order valence-corrected chi connectivity index (χ2v) is 7.12. The zero-order valence-electron chi connectivity index (χ0n) is 14.3. The van der Waals surface area contributed by atoms with Crippen molar-refractivity contribution in [3.05, 3.63) is 30.3 Å². The first-order chi connectivity index (χ1) is 11.0. The van der Waals surface area contributed by atoms with Gasteiger partial charge < -0.3 is 5.11 Å². The number of unbranched alkanes of at least 4 members (excludes halogenated alkanes) is 9. The van der Waals surface area contributed by atoms with Gasteiger partial charge in [-0.3, -0.25) is 4.55 Å². The zero-order chi connectivity index (χ0) is 17.4. The van der Waals surface area contributed by atoms with Gasteiger partial charge in [0, 0.05) is 6.61 Å². The molecule has 134 valence electrons. The standard InChI is InChI=1S/C12H26O.C6H6O3S/c1-2-3-4-5-6-7-8-9-10-11-12-13;7-10(8,9)6-4-2-1-3-5-6/h13H,2-12H2,1H3;1-5H,(H,7,8,9). The third-order valence-electron chi connectivity index (χ3n) is 3.55. The second-order valence-electron chi connectivity index (χ2n) is 5.69. The molecule has 0 aromatic heterocycles. The molecule has 0 aliphatic carbocycles. The van der Waals surface area contributed by atoms with Crippen molar-refractivity contribution in [3.8, 4) is 0 Å². The SMILES string of the molecule is CCCCCCCCCCCCO.O=S(=O)(O)c1ccccc1. The summed E-state index contributed by atoms with van der Waals surface area (Å²) in [5.74, 6) is 0. The van der Waals surface area contributed by atoms with Crippen LogP contribution < -0.4 is 0 Å². The van der Waals surface area contributed by atoms with Crippen molar-refractivity contribution in [1.82, 2.24) is 0 Å². The molecular formula is C18H32O4S. The molecule has 0 fully saturated rings. The van der Waals surface area contributed by atoms with Crippen LogP contribution in [0.2, 0.25) is 0 Å². The Morgan fingerprint density at radius 2 is 1.22 bits per heavy atom. The summed E-state index contributed by atoms with van der Waals surface area (Å²) in [5.41, 5.74) is 0. The molecule has 1 aromatic rings. The largest absolute Gasteiger partial charge is 0.396 e.